The highest BCUT2D eigenvalue weighted by Gasteiger charge is 2.05. The highest BCUT2D eigenvalue weighted by Crippen LogP contribution is 2.13. The standard InChI is InChI=1S/C18H17N3O2/c1-13(2)23-17-9-7-16(8-10-17)18(22)21-20-12-15-5-3-14(11-19)4-6-15/h3-10,12-13H,1-2H3,(H,21,22)/b20-12-. The van der Waals surface area contributed by atoms with Gasteiger partial charge < -0.3 is 4.74 Å². The summed E-state index contributed by atoms with van der Waals surface area (Å²) in [4.78, 5) is 12.0. The Labute approximate surface area is 135 Å². The van der Waals surface area contributed by atoms with Gasteiger partial charge in [0.25, 0.3) is 5.91 Å². The SMILES string of the molecule is CC(C)Oc1ccc(C(=O)N/N=C\c2ccc(C#N)cc2)cc1. The fraction of sp³-hybridized carbons (Fsp3) is 0.167. The van der Waals surface area contributed by atoms with E-state index in [4.69, 9.17) is 10.00 Å². The molecule has 23 heavy (non-hydrogen) atoms. The van der Waals surface area contributed by atoms with Crippen LogP contribution in [0.15, 0.2) is 53.6 Å². The van der Waals surface area contributed by atoms with Crippen molar-refractivity contribution >= 4 is 12.1 Å². The van der Waals surface area contributed by atoms with Crippen LogP contribution in [-0.2, 0) is 0 Å². The van der Waals surface area contributed by atoms with Crippen molar-refractivity contribution in [2.45, 2.75) is 20.0 Å². The van der Waals surface area contributed by atoms with Crippen LogP contribution < -0.4 is 10.2 Å². The lowest BCUT2D eigenvalue weighted by molar-refractivity contribution is 0.0955. The lowest BCUT2D eigenvalue weighted by atomic mass is 10.2. The maximum absolute atomic E-state index is 12.0. The Morgan fingerprint density at radius 1 is 1.17 bits per heavy atom. The molecule has 0 saturated carbocycles. The van der Waals surface area contributed by atoms with Crippen LogP contribution in [0.4, 0.5) is 0 Å². The Hall–Kier alpha value is -3.13. The van der Waals surface area contributed by atoms with E-state index in [-0.39, 0.29) is 12.0 Å². The highest BCUT2D eigenvalue weighted by atomic mass is 16.5. The van der Waals surface area contributed by atoms with E-state index in [9.17, 15) is 4.79 Å². The van der Waals surface area contributed by atoms with Crippen LogP contribution in [0.3, 0.4) is 0 Å². The molecule has 0 spiro atoms. The maximum Gasteiger partial charge on any atom is 0.271 e. The fourth-order valence-corrected chi connectivity index (χ4v) is 1.83. The van der Waals surface area contributed by atoms with Gasteiger partial charge in [0.2, 0.25) is 0 Å². The third-order valence-electron chi connectivity index (χ3n) is 2.91. The summed E-state index contributed by atoms with van der Waals surface area (Å²) in [6, 6.07) is 15.8. The molecular formula is C18H17N3O2. The van der Waals surface area contributed by atoms with Crippen molar-refractivity contribution in [2.24, 2.45) is 5.10 Å². The van der Waals surface area contributed by atoms with Crippen molar-refractivity contribution in [1.29, 1.82) is 5.26 Å². The maximum atomic E-state index is 12.0. The summed E-state index contributed by atoms with van der Waals surface area (Å²) in [5.41, 5.74) is 4.33. The van der Waals surface area contributed by atoms with Gasteiger partial charge in [0.05, 0.1) is 24.0 Å². The predicted octanol–water partition coefficient (Wildman–Crippen LogP) is 3.11. The molecule has 0 unspecified atom stereocenters. The van der Waals surface area contributed by atoms with Crippen molar-refractivity contribution < 1.29 is 9.53 Å². The predicted molar refractivity (Wildman–Crippen MR) is 88.4 cm³/mol. The van der Waals surface area contributed by atoms with Crippen LogP contribution in [0.1, 0.15) is 35.3 Å². The highest BCUT2D eigenvalue weighted by molar-refractivity contribution is 5.95. The molecule has 1 N–H and O–H groups in total. The molecule has 0 aliphatic carbocycles. The normalized spacial score (nSPS) is 10.5. The molecule has 0 aliphatic rings. The average Bonchev–Trinajstić information content (AvgIpc) is 2.55. The van der Waals surface area contributed by atoms with Gasteiger partial charge in [-0.2, -0.15) is 10.4 Å². The van der Waals surface area contributed by atoms with Crippen LogP contribution >= 0.6 is 0 Å². The zero-order valence-electron chi connectivity index (χ0n) is 13.0. The number of amides is 1. The second-order valence-electron chi connectivity index (χ2n) is 5.12. The second kappa shape index (κ2) is 7.76. The van der Waals surface area contributed by atoms with Gasteiger partial charge >= 0.3 is 0 Å². The topological polar surface area (TPSA) is 74.5 Å². The molecule has 0 saturated heterocycles. The summed E-state index contributed by atoms with van der Waals surface area (Å²) < 4.78 is 5.52. The third kappa shape index (κ3) is 4.97. The first kappa shape index (κ1) is 16.2. The number of nitrogens with zero attached hydrogens (tertiary/aromatic N) is 2. The Bertz CT molecular complexity index is 726. The summed E-state index contributed by atoms with van der Waals surface area (Å²) in [6.45, 7) is 3.89. The Kier molecular flexibility index (Phi) is 5.48. The monoisotopic (exact) mass is 307 g/mol. The number of rotatable bonds is 5. The number of hydrogen-bond donors (Lipinski definition) is 1. The minimum atomic E-state index is -0.300. The molecule has 5 nitrogen and oxygen atoms in total. The van der Waals surface area contributed by atoms with Gasteiger partial charge in [0.15, 0.2) is 0 Å². The van der Waals surface area contributed by atoms with Crippen LogP contribution in [0.5, 0.6) is 5.75 Å². The molecular weight excluding hydrogens is 290 g/mol. The molecule has 0 heterocycles. The molecule has 116 valence electrons. The molecule has 2 rings (SSSR count). The number of carbonyl (C=O) groups excluding carboxylic acids is 1. The molecule has 1 amide bonds. The molecule has 0 aliphatic heterocycles. The first-order chi connectivity index (χ1) is 11.1. The number of hydrogen-bond acceptors (Lipinski definition) is 4. The summed E-state index contributed by atoms with van der Waals surface area (Å²) >= 11 is 0. The number of ether oxygens (including phenoxy) is 1. The summed E-state index contributed by atoms with van der Waals surface area (Å²) in [5, 5.41) is 12.6. The van der Waals surface area contributed by atoms with Crippen LogP contribution in [-0.4, -0.2) is 18.2 Å². The van der Waals surface area contributed by atoms with E-state index in [1.54, 1.807) is 48.5 Å². The number of benzene rings is 2. The van der Waals surface area contributed by atoms with Crippen molar-refractivity contribution in [2.75, 3.05) is 0 Å². The van der Waals surface area contributed by atoms with Gasteiger partial charge in [-0.1, -0.05) is 12.1 Å². The molecule has 0 radical (unpaired) electrons. The average molecular weight is 307 g/mol. The van der Waals surface area contributed by atoms with E-state index in [0.717, 1.165) is 11.3 Å². The largest absolute Gasteiger partial charge is 0.491 e. The van der Waals surface area contributed by atoms with E-state index in [0.29, 0.717) is 11.1 Å². The third-order valence-corrected chi connectivity index (χ3v) is 2.91. The molecule has 5 heteroatoms. The van der Waals surface area contributed by atoms with Gasteiger partial charge in [-0.3, -0.25) is 4.79 Å². The Morgan fingerprint density at radius 3 is 2.39 bits per heavy atom. The van der Waals surface area contributed by atoms with Crippen LogP contribution in [0.2, 0.25) is 0 Å². The van der Waals surface area contributed by atoms with Crippen molar-refractivity contribution in [3.8, 4) is 11.8 Å². The first-order valence-electron chi connectivity index (χ1n) is 7.19. The van der Waals surface area contributed by atoms with E-state index in [1.165, 1.54) is 6.21 Å². The van der Waals surface area contributed by atoms with E-state index >= 15 is 0 Å². The van der Waals surface area contributed by atoms with Crippen LogP contribution in [0.25, 0.3) is 0 Å². The molecule has 0 fully saturated rings. The first-order valence-corrected chi connectivity index (χ1v) is 7.19. The molecule has 2 aromatic rings. The number of hydrazone groups is 1. The second-order valence-corrected chi connectivity index (χ2v) is 5.12. The number of nitrogens with one attached hydrogen (secondary N) is 1. The minimum absolute atomic E-state index is 0.0895. The zero-order chi connectivity index (χ0) is 16.7. The van der Waals surface area contributed by atoms with E-state index in [1.807, 2.05) is 19.9 Å². The van der Waals surface area contributed by atoms with Gasteiger partial charge in [0.1, 0.15) is 5.75 Å². The summed E-state index contributed by atoms with van der Waals surface area (Å²) in [7, 11) is 0. The zero-order valence-corrected chi connectivity index (χ0v) is 13.0. The number of nitriles is 1. The quantitative estimate of drug-likeness (QED) is 0.681. The Morgan fingerprint density at radius 2 is 1.83 bits per heavy atom. The van der Waals surface area contributed by atoms with Crippen LogP contribution in [0, 0.1) is 11.3 Å². The molecule has 0 atom stereocenters. The van der Waals surface area contributed by atoms with Gasteiger partial charge in [0, 0.05) is 5.56 Å². The molecule has 0 aromatic heterocycles. The number of carbonyl (C=O) groups is 1. The lowest BCUT2D eigenvalue weighted by Gasteiger charge is -2.09. The summed E-state index contributed by atoms with van der Waals surface area (Å²) in [6.07, 6.45) is 1.61. The summed E-state index contributed by atoms with van der Waals surface area (Å²) in [5.74, 6) is 0.420. The van der Waals surface area contributed by atoms with Crippen molar-refractivity contribution in [3.05, 3.63) is 65.2 Å². The van der Waals surface area contributed by atoms with Crippen molar-refractivity contribution in [3.63, 3.8) is 0 Å². The fourth-order valence-electron chi connectivity index (χ4n) is 1.83. The van der Waals surface area contributed by atoms with Gasteiger partial charge in [-0.15, -0.1) is 0 Å². The van der Waals surface area contributed by atoms with E-state index < -0.39 is 0 Å². The molecule has 0 bridgehead atoms. The van der Waals surface area contributed by atoms with Gasteiger partial charge in [-0.25, -0.2) is 5.43 Å². The Balaban J connectivity index is 1.93. The lowest BCUT2D eigenvalue weighted by Crippen LogP contribution is -2.17. The molecule has 2 aromatic carbocycles. The minimum Gasteiger partial charge on any atom is -0.491 e. The van der Waals surface area contributed by atoms with E-state index in [2.05, 4.69) is 10.5 Å². The van der Waals surface area contributed by atoms with Gasteiger partial charge in [-0.05, 0) is 55.8 Å². The van der Waals surface area contributed by atoms with Crippen molar-refractivity contribution in [1.82, 2.24) is 5.43 Å². The smallest absolute Gasteiger partial charge is 0.271 e.